The fraction of sp³-hybridized carbons (Fsp3) is 1.00. The molecule has 2 heteroatoms. The predicted molar refractivity (Wildman–Crippen MR) is 85.5 cm³/mol. The van der Waals surface area contributed by atoms with E-state index in [0.717, 1.165) is 0 Å². The topological polar surface area (TPSA) is 3.24 Å². The average Bonchev–Trinajstić information content (AvgIpc) is 2.43. The van der Waals surface area contributed by atoms with Gasteiger partial charge in [0.2, 0.25) is 0 Å². The lowest BCUT2D eigenvalue weighted by atomic mass is 9.79. The van der Waals surface area contributed by atoms with Gasteiger partial charge in [-0.3, -0.25) is 0 Å². The highest BCUT2D eigenvalue weighted by Crippen LogP contribution is 2.32. The van der Waals surface area contributed by atoms with E-state index in [-0.39, 0.29) is 0 Å². The van der Waals surface area contributed by atoms with Gasteiger partial charge in [-0.1, -0.05) is 52.9 Å². The smallest absolute Gasteiger partial charge is 0.00727 e. The van der Waals surface area contributed by atoms with E-state index >= 15 is 0 Å². The van der Waals surface area contributed by atoms with Gasteiger partial charge in [-0.05, 0) is 24.8 Å². The lowest BCUT2D eigenvalue weighted by Crippen LogP contribution is -2.35. The Hall–Kier alpha value is 0.310. The number of hydrogen-bond acceptors (Lipinski definition) is 2. The summed E-state index contributed by atoms with van der Waals surface area (Å²) in [5.74, 6) is 2.69. The average molecular weight is 272 g/mol. The molecule has 1 unspecified atom stereocenters. The SMILES string of the molecule is CCCCCCC(C)(CC)CCN1CCSCC1. The number of thioether (sulfide) groups is 1. The molecule has 18 heavy (non-hydrogen) atoms. The molecule has 1 aliphatic rings. The van der Waals surface area contributed by atoms with Crippen LogP contribution in [-0.2, 0) is 0 Å². The molecule has 0 aromatic carbocycles. The van der Waals surface area contributed by atoms with Crippen molar-refractivity contribution in [3.05, 3.63) is 0 Å². The molecule has 108 valence electrons. The first-order chi connectivity index (χ1) is 8.70. The second kappa shape index (κ2) is 9.25. The Labute approximate surface area is 119 Å². The summed E-state index contributed by atoms with van der Waals surface area (Å²) < 4.78 is 0. The molecular formula is C16H33NS. The zero-order valence-electron chi connectivity index (χ0n) is 12.8. The Kier molecular flexibility index (Phi) is 8.41. The van der Waals surface area contributed by atoms with E-state index < -0.39 is 0 Å². The first-order valence-corrected chi connectivity index (χ1v) is 9.16. The molecule has 0 N–H and O–H groups in total. The predicted octanol–water partition coefficient (Wildman–Crippen LogP) is 4.81. The standard InChI is InChI=1S/C16H33NS/c1-4-6-7-8-9-16(3,5-2)10-11-17-12-14-18-15-13-17/h4-15H2,1-3H3. The molecule has 0 bridgehead atoms. The maximum Gasteiger partial charge on any atom is 0.00727 e. The molecule has 1 aliphatic heterocycles. The van der Waals surface area contributed by atoms with Crippen LogP contribution < -0.4 is 0 Å². The van der Waals surface area contributed by atoms with E-state index in [9.17, 15) is 0 Å². The van der Waals surface area contributed by atoms with Gasteiger partial charge in [-0.2, -0.15) is 11.8 Å². The highest BCUT2D eigenvalue weighted by Gasteiger charge is 2.22. The number of rotatable bonds is 9. The molecule has 1 saturated heterocycles. The second-order valence-corrected chi connectivity index (χ2v) is 7.40. The Bertz CT molecular complexity index is 201. The van der Waals surface area contributed by atoms with Crippen LogP contribution in [0.4, 0.5) is 0 Å². The molecule has 0 spiro atoms. The molecule has 0 aromatic rings. The van der Waals surface area contributed by atoms with E-state index in [1.807, 2.05) is 0 Å². The van der Waals surface area contributed by atoms with Gasteiger partial charge in [-0.25, -0.2) is 0 Å². The Morgan fingerprint density at radius 1 is 1.00 bits per heavy atom. The maximum absolute atomic E-state index is 2.68. The van der Waals surface area contributed by atoms with Crippen LogP contribution in [0, 0.1) is 5.41 Å². The van der Waals surface area contributed by atoms with E-state index in [2.05, 4.69) is 37.4 Å². The van der Waals surface area contributed by atoms with E-state index in [0.29, 0.717) is 5.41 Å². The van der Waals surface area contributed by atoms with Gasteiger partial charge in [0.05, 0.1) is 0 Å². The molecule has 0 aliphatic carbocycles. The summed E-state index contributed by atoms with van der Waals surface area (Å²) in [6.45, 7) is 11.2. The largest absolute Gasteiger partial charge is 0.302 e. The van der Waals surface area contributed by atoms with Gasteiger partial charge in [0, 0.05) is 24.6 Å². The summed E-state index contributed by atoms with van der Waals surface area (Å²) in [6.07, 6.45) is 9.84. The molecule has 1 atom stereocenters. The third kappa shape index (κ3) is 6.47. The van der Waals surface area contributed by atoms with Crippen molar-refractivity contribution in [1.29, 1.82) is 0 Å². The van der Waals surface area contributed by atoms with Crippen molar-refractivity contribution in [3.63, 3.8) is 0 Å². The molecular weight excluding hydrogens is 238 g/mol. The maximum atomic E-state index is 2.68. The molecule has 1 heterocycles. The minimum atomic E-state index is 0.596. The third-order valence-corrected chi connectivity index (χ3v) is 5.57. The molecule has 0 saturated carbocycles. The van der Waals surface area contributed by atoms with Gasteiger partial charge in [-0.15, -0.1) is 0 Å². The fourth-order valence-electron chi connectivity index (χ4n) is 2.71. The molecule has 0 radical (unpaired) electrons. The number of hydrogen-bond donors (Lipinski definition) is 0. The summed E-state index contributed by atoms with van der Waals surface area (Å²) in [5.41, 5.74) is 0.596. The van der Waals surface area contributed by atoms with Crippen LogP contribution in [0.1, 0.15) is 65.7 Å². The first-order valence-electron chi connectivity index (χ1n) is 8.00. The molecule has 0 aromatic heterocycles. The third-order valence-electron chi connectivity index (χ3n) is 4.62. The van der Waals surface area contributed by atoms with E-state index in [4.69, 9.17) is 0 Å². The summed E-state index contributed by atoms with van der Waals surface area (Å²) in [4.78, 5) is 2.68. The van der Waals surface area contributed by atoms with E-state index in [1.54, 1.807) is 0 Å². The molecule has 1 nitrogen and oxygen atoms in total. The Morgan fingerprint density at radius 2 is 1.72 bits per heavy atom. The molecule has 1 fully saturated rings. The van der Waals surface area contributed by atoms with Crippen molar-refractivity contribution in [3.8, 4) is 0 Å². The second-order valence-electron chi connectivity index (χ2n) is 6.18. The normalized spacial score (nSPS) is 20.8. The lowest BCUT2D eigenvalue weighted by molar-refractivity contribution is 0.194. The van der Waals surface area contributed by atoms with Gasteiger partial charge in [0.1, 0.15) is 0 Å². The van der Waals surface area contributed by atoms with Crippen molar-refractivity contribution in [2.24, 2.45) is 5.41 Å². The minimum Gasteiger partial charge on any atom is -0.302 e. The highest BCUT2D eigenvalue weighted by molar-refractivity contribution is 7.99. The minimum absolute atomic E-state index is 0.596. The van der Waals surface area contributed by atoms with Crippen LogP contribution in [0.5, 0.6) is 0 Å². The van der Waals surface area contributed by atoms with Crippen molar-refractivity contribution in [2.45, 2.75) is 65.7 Å². The monoisotopic (exact) mass is 271 g/mol. The zero-order chi connectivity index (χ0) is 13.3. The molecule has 1 rings (SSSR count). The Morgan fingerprint density at radius 3 is 2.33 bits per heavy atom. The van der Waals surface area contributed by atoms with Crippen LogP contribution in [0.15, 0.2) is 0 Å². The summed E-state index contributed by atoms with van der Waals surface area (Å²) in [7, 11) is 0. The van der Waals surface area contributed by atoms with Crippen LogP contribution >= 0.6 is 11.8 Å². The van der Waals surface area contributed by atoms with Crippen LogP contribution in [-0.4, -0.2) is 36.0 Å². The Balaban J connectivity index is 2.20. The summed E-state index contributed by atoms with van der Waals surface area (Å²) in [5, 5.41) is 0. The summed E-state index contributed by atoms with van der Waals surface area (Å²) >= 11 is 2.12. The fourth-order valence-corrected chi connectivity index (χ4v) is 3.69. The van der Waals surface area contributed by atoms with E-state index in [1.165, 1.54) is 76.1 Å². The van der Waals surface area contributed by atoms with Crippen LogP contribution in [0.3, 0.4) is 0 Å². The zero-order valence-corrected chi connectivity index (χ0v) is 13.7. The first kappa shape index (κ1) is 16.4. The van der Waals surface area contributed by atoms with Gasteiger partial charge < -0.3 is 4.90 Å². The lowest BCUT2D eigenvalue weighted by Gasteiger charge is -2.33. The van der Waals surface area contributed by atoms with Crippen molar-refractivity contribution >= 4 is 11.8 Å². The van der Waals surface area contributed by atoms with Gasteiger partial charge in [0.15, 0.2) is 0 Å². The van der Waals surface area contributed by atoms with Gasteiger partial charge in [0.25, 0.3) is 0 Å². The molecule has 0 amide bonds. The number of unbranched alkanes of at least 4 members (excludes halogenated alkanes) is 3. The van der Waals surface area contributed by atoms with Crippen molar-refractivity contribution < 1.29 is 0 Å². The number of nitrogens with zero attached hydrogens (tertiary/aromatic N) is 1. The highest BCUT2D eigenvalue weighted by atomic mass is 32.2. The van der Waals surface area contributed by atoms with Crippen molar-refractivity contribution in [1.82, 2.24) is 4.90 Å². The van der Waals surface area contributed by atoms with Crippen LogP contribution in [0.25, 0.3) is 0 Å². The van der Waals surface area contributed by atoms with Crippen molar-refractivity contribution in [2.75, 3.05) is 31.1 Å². The summed E-state index contributed by atoms with van der Waals surface area (Å²) in [6, 6.07) is 0. The quantitative estimate of drug-likeness (QED) is 0.554. The van der Waals surface area contributed by atoms with Crippen LogP contribution in [0.2, 0.25) is 0 Å². The van der Waals surface area contributed by atoms with Gasteiger partial charge >= 0.3 is 0 Å².